The zero-order valence-corrected chi connectivity index (χ0v) is 14.6. The molecule has 0 aromatic heterocycles. The fourth-order valence-electron chi connectivity index (χ4n) is 2.14. The van der Waals surface area contributed by atoms with Crippen LogP contribution in [0.15, 0.2) is 36.4 Å². The van der Waals surface area contributed by atoms with Gasteiger partial charge in [-0.05, 0) is 24.6 Å². The van der Waals surface area contributed by atoms with E-state index in [9.17, 15) is 4.79 Å². The second kappa shape index (κ2) is 8.45. The first-order chi connectivity index (χ1) is 11.5. The summed E-state index contributed by atoms with van der Waals surface area (Å²) in [5.41, 5.74) is 1.61. The number of aryl methyl sites for hydroxylation is 1. The monoisotopic (exact) mass is 349 g/mol. The maximum absolute atomic E-state index is 12.1. The molecule has 6 heteroatoms. The van der Waals surface area contributed by atoms with Crippen molar-refractivity contribution in [2.24, 2.45) is 0 Å². The quantitative estimate of drug-likeness (QED) is 0.818. The van der Waals surface area contributed by atoms with Gasteiger partial charge >= 0.3 is 0 Å². The van der Waals surface area contributed by atoms with Gasteiger partial charge in [0.15, 0.2) is 0 Å². The molecule has 2 rings (SSSR count). The molecule has 0 heterocycles. The number of methoxy groups -OCH3 is 2. The number of hydrogen-bond donors (Lipinski definition) is 1. The molecule has 0 atom stereocenters. The molecule has 5 nitrogen and oxygen atoms in total. The van der Waals surface area contributed by atoms with Crippen LogP contribution in [0.1, 0.15) is 12.0 Å². The second-order valence-electron chi connectivity index (χ2n) is 5.15. The van der Waals surface area contributed by atoms with E-state index in [1.165, 1.54) is 14.2 Å². The number of halogens is 1. The lowest BCUT2D eigenvalue weighted by Gasteiger charge is -2.13. The van der Waals surface area contributed by atoms with Gasteiger partial charge in [-0.1, -0.05) is 23.7 Å². The third-order valence-electron chi connectivity index (χ3n) is 3.34. The Labute approximate surface area is 146 Å². The van der Waals surface area contributed by atoms with Crippen LogP contribution >= 0.6 is 11.6 Å². The van der Waals surface area contributed by atoms with Gasteiger partial charge in [-0.2, -0.15) is 0 Å². The molecule has 2 aromatic rings. The van der Waals surface area contributed by atoms with E-state index in [1.807, 2.05) is 31.2 Å². The number of hydrogen-bond acceptors (Lipinski definition) is 4. The molecular weight excluding hydrogens is 330 g/mol. The molecule has 0 unspecified atom stereocenters. The largest absolute Gasteiger partial charge is 0.495 e. The Balaban J connectivity index is 1.94. The predicted octanol–water partition coefficient (Wildman–Crippen LogP) is 4.07. The molecule has 2 aromatic carbocycles. The molecule has 0 bridgehead atoms. The summed E-state index contributed by atoms with van der Waals surface area (Å²) in [7, 11) is 3.02. The number of carbonyl (C=O) groups excluding carboxylic acids is 1. The fraction of sp³-hybridized carbons (Fsp3) is 0.278. The standard InChI is InChI=1S/C18H20ClNO4/c1-12-5-4-6-13(9-12)24-8-7-18(21)20-15-11-16(22-2)14(19)10-17(15)23-3/h4-6,9-11H,7-8H2,1-3H3,(H,20,21). The number of anilines is 1. The summed E-state index contributed by atoms with van der Waals surface area (Å²) in [5.74, 6) is 1.48. The molecular formula is C18H20ClNO4. The van der Waals surface area contributed by atoms with E-state index < -0.39 is 0 Å². The molecule has 0 aliphatic carbocycles. The summed E-state index contributed by atoms with van der Waals surface area (Å²) in [6.45, 7) is 2.27. The van der Waals surface area contributed by atoms with Crippen molar-refractivity contribution in [1.29, 1.82) is 0 Å². The van der Waals surface area contributed by atoms with Crippen molar-refractivity contribution in [3.63, 3.8) is 0 Å². The molecule has 0 fully saturated rings. The highest BCUT2D eigenvalue weighted by molar-refractivity contribution is 6.32. The van der Waals surface area contributed by atoms with Crippen LogP contribution in [0.5, 0.6) is 17.2 Å². The molecule has 0 spiro atoms. The summed E-state index contributed by atoms with van der Waals surface area (Å²) < 4.78 is 16.0. The van der Waals surface area contributed by atoms with Gasteiger partial charge in [0.2, 0.25) is 5.91 Å². The Morgan fingerprint density at radius 1 is 1.12 bits per heavy atom. The highest BCUT2D eigenvalue weighted by atomic mass is 35.5. The summed E-state index contributed by atoms with van der Waals surface area (Å²) >= 11 is 6.04. The van der Waals surface area contributed by atoms with Crippen LogP contribution < -0.4 is 19.5 Å². The number of rotatable bonds is 7. The molecule has 24 heavy (non-hydrogen) atoms. The zero-order valence-electron chi connectivity index (χ0n) is 13.9. The third kappa shape index (κ3) is 4.80. The average Bonchev–Trinajstić information content (AvgIpc) is 2.56. The van der Waals surface area contributed by atoms with Gasteiger partial charge in [0.05, 0.1) is 38.0 Å². The van der Waals surface area contributed by atoms with Gasteiger partial charge in [-0.25, -0.2) is 0 Å². The molecule has 0 aliphatic rings. The Bertz CT molecular complexity index is 718. The number of amides is 1. The molecule has 0 saturated carbocycles. The lowest BCUT2D eigenvalue weighted by Crippen LogP contribution is -2.16. The number of carbonyl (C=O) groups is 1. The normalized spacial score (nSPS) is 10.2. The van der Waals surface area contributed by atoms with Gasteiger partial charge in [0.25, 0.3) is 0 Å². The van der Waals surface area contributed by atoms with E-state index in [2.05, 4.69) is 5.32 Å². The van der Waals surface area contributed by atoms with Crippen molar-refractivity contribution < 1.29 is 19.0 Å². The van der Waals surface area contributed by atoms with E-state index in [0.717, 1.165) is 11.3 Å². The van der Waals surface area contributed by atoms with E-state index in [4.69, 9.17) is 25.8 Å². The number of nitrogens with one attached hydrogen (secondary N) is 1. The summed E-state index contributed by atoms with van der Waals surface area (Å²) in [4.78, 5) is 12.1. The molecule has 0 saturated heterocycles. The fourth-order valence-corrected chi connectivity index (χ4v) is 2.37. The predicted molar refractivity (Wildman–Crippen MR) is 94.5 cm³/mol. The van der Waals surface area contributed by atoms with Crippen LogP contribution in [0.3, 0.4) is 0 Å². The molecule has 0 radical (unpaired) electrons. The van der Waals surface area contributed by atoms with Gasteiger partial charge < -0.3 is 19.5 Å². The molecule has 1 N–H and O–H groups in total. The molecule has 0 aliphatic heterocycles. The first-order valence-electron chi connectivity index (χ1n) is 7.44. The number of benzene rings is 2. The minimum absolute atomic E-state index is 0.190. The van der Waals surface area contributed by atoms with Gasteiger partial charge in [-0.15, -0.1) is 0 Å². The van der Waals surface area contributed by atoms with Crippen molar-refractivity contribution in [2.45, 2.75) is 13.3 Å². The Morgan fingerprint density at radius 2 is 1.88 bits per heavy atom. The second-order valence-corrected chi connectivity index (χ2v) is 5.56. The van der Waals surface area contributed by atoms with Crippen molar-refractivity contribution in [1.82, 2.24) is 0 Å². The van der Waals surface area contributed by atoms with E-state index in [1.54, 1.807) is 12.1 Å². The Kier molecular flexibility index (Phi) is 6.32. The molecule has 128 valence electrons. The minimum Gasteiger partial charge on any atom is -0.495 e. The maximum Gasteiger partial charge on any atom is 0.227 e. The lowest BCUT2D eigenvalue weighted by atomic mass is 10.2. The van der Waals surface area contributed by atoms with Crippen LogP contribution in [0.25, 0.3) is 0 Å². The van der Waals surface area contributed by atoms with Gasteiger partial charge in [0.1, 0.15) is 17.2 Å². The lowest BCUT2D eigenvalue weighted by molar-refractivity contribution is -0.116. The van der Waals surface area contributed by atoms with Crippen molar-refractivity contribution in [2.75, 3.05) is 26.1 Å². The highest BCUT2D eigenvalue weighted by Gasteiger charge is 2.12. The smallest absolute Gasteiger partial charge is 0.227 e. The van der Waals surface area contributed by atoms with E-state index >= 15 is 0 Å². The van der Waals surface area contributed by atoms with E-state index in [-0.39, 0.29) is 18.9 Å². The highest BCUT2D eigenvalue weighted by Crippen LogP contribution is 2.35. The summed E-state index contributed by atoms with van der Waals surface area (Å²) in [6.07, 6.45) is 0.210. The van der Waals surface area contributed by atoms with Crippen LogP contribution in [0.4, 0.5) is 5.69 Å². The SMILES string of the molecule is COc1cc(NC(=O)CCOc2cccc(C)c2)c(OC)cc1Cl. The average molecular weight is 350 g/mol. The van der Waals surface area contributed by atoms with Crippen molar-refractivity contribution in [3.05, 3.63) is 47.0 Å². The van der Waals surface area contributed by atoms with Crippen molar-refractivity contribution >= 4 is 23.2 Å². The zero-order chi connectivity index (χ0) is 17.5. The first kappa shape index (κ1) is 17.9. The first-order valence-corrected chi connectivity index (χ1v) is 7.82. The van der Waals surface area contributed by atoms with Crippen LogP contribution in [0.2, 0.25) is 5.02 Å². The topological polar surface area (TPSA) is 56.8 Å². The minimum atomic E-state index is -0.190. The summed E-state index contributed by atoms with van der Waals surface area (Å²) in [5, 5.41) is 3.19. The summed E-state index contributed by atoms with van der Waals surface area (Å²) in [6, 6.07) is 10.9. The number of ether oxygens (including phenoxy) is 3. The maximum atomic E-state index is 12.1. The Hall–Kier alpha value is -2.40. The van der Waals surface area contributed by atoms with Crippen LogP contribution in [-0.2, 0) is 4.79 Å². The van der Waals surface area contributed by atoms with Crippen LogP contribution in [-0.4, -0.2) is 26.7 Å². The Morgan fingerprint density at radius 3 is 2.54 bits per heavy atom. The van der Waals surface area contributed by atoms with Gasteiger partial charge in [-0.3, -0.25) is 4.79 Å². The third-order valence-corrected chi connectivity index (χ3v) is 3.63. The van der Waals surface area contributed by atoms with Crippen LogP contribution in [0, 0.1) is 6.92 Å². The molecule has 1 amide bonds. The van der Waals surface area contributed by atoms with E-state index in [0.29, 0.717) is 22.2 Å². The van der Waals surface area contributed by atoms with Crippen molar-refractivity contribution in [3.8, 4) is 17.2 Å². The van der Waals surface area contributed by atoms with Gasteiger partial charge in [0, 0.05) is 12.1 Å².